The largest absolute Gasteiger partial charge is 0.508 e. The van der Waals surface area contributed by atoms with E-state index in [0.29, 0.717) is 11.4 Å². The first-order chi connectivity index (χ1) is 19.6. The number of benzene rings is 5. The minimum absolute atomic E-state index is 0.160. The van der Waals surface area contributed by atoms with Gasteiger partial charge >= 0.3 is 0 Å². The number of carbonyl (C=O) groups excluding carboxylic acids is 2. The summed E-state index contributed by atoms with van der Waals surface area (Å²) in [6, 6.07) is 36.7. The van der Waals surface area contributed by atoms with Crippen molar-refractivity contribution in [2.75, 3.05) is 4.90 Å². The number of nitrogens with zero attached hydrogens (tertiary/aromatic N) is 2. The molecule has 0 spiro atoms. The maximum atomic E-state index is 14.7. The molecule has 5 aromatic rings. The number of fused-ring (bicyclic) bond motifs is 1. The van der Waals surface area contributed by atoms with Gasteiger partial charge in [-0.2, -0.15) is 0 Å². The van der Waals surface area contributed by atoms with Gasteiger partial charge < -0.3 is 5.11 Å². The van der Waals surface area contributed by atoms with Crippen LogP contribution in [0.2, 0.25) is 0 Å². The van der Waals surface area contributed by atoms with Crippen LogP contribution in [0.5, 0.6) is 5.75 Å². The molecular weight excluding hydrogens is 496 g/mol. The predicted molar refractivity (Wildman–Crippen MR) is 155 cm³/mol. The molecule has 2 amide bonds. The number of phenols is 1. The van der Waals surface area contributed by atoms with Gasteiger partial charge in [0, 0.05) is 17.5 Å². The zero-order valence-corrected chi connectivity index (χ0v) is 21.4. The van der Waals surface area contributed by atoms with Crippen molar-refractivity contribution in [1.82, 2.24) is 0 Å². The Balaban J connectivity index is 1.40. The Morgan fingerprint density at radius 1 is 0.700 bits per heavy atom. The molecule has 192 valence electrons. The first-order valence-electron chi connectivity index (χ1n) is 13.5. The number of anilines is 1. The third-order valence-electron chi connectivity index (χ3n) is 8.96. The minimum Gasteiger partial charge on any atom is -0.508 e. The molecule has 5 aromatic carbocycles. The lowest BCUT2D eigenvalue weighted by Crippen LogP contribution is -2.54. The summed E-state index contributed by atoms with van der Waals surface area (Å²) in [5.41, 5.74) is 4.53. The number of imide groups is 1. The highest BCUT2D eigenvalue weighted by Crippen LogP contribution is 2.64. The van der Waals surface area contributed by atoms with Crippen LogP contribution in [0.15, 0.2) is 120 Å². The van der Waals surface area contributed by atoms with Crippen LogP contribution in [0.3, 0.4) is 0 Å². The molecule has 0 aromatic heterocycles. The molecule has 40 heavy (non-hydrogen) atoms. The molecule has 0 saturated carbocycles. The van der Waals surface area contributed by atoms with Crippen molar-refractivity contribution in [3.63, 3.8) is 0 Å². The minimum atomic E-state index is -0.934. The predicted octanol–water partition coefficient (Wildman–Crippen LogP) is 6.50. The molecule has 1 heterocycles. The number of phenolic OH excluding ortho intramolecular Hbond substituents is 1. The fourth-order valence-electron chi connectivity index (χ4n) is 7.41. The highest BCUT2D eigenvalue weighted by atomic mass is 16.3. The van der Waals surface area contributed by atoms with Crippen molar-refractivity contribution in [3.8, 4) is 5.75 Å². The number of carbonyl (C=O) groups is 2. The van der Waals surface area contributed by atoms with Crippen LogP contribution in [0.1, 0.15) is 28.2 Å². The summed E-state index contributed by atoms with van der Waals surface area (Å²) in [4.78, 5) is 35.5. The first-order valence-corrected chi connectivity index (χ1v) is 13.5. The standard InChI is InChI=1S/C35H24N2O3/c38-23-18-16-22(17-19-23)36-20-35-27-13-5-3-11-25(27)30(26-12-4-6-14-28(26)35)31-32(35)34(40)37(33(31)39)29-15-7-9-21-8-1-2-10-24(21)29/h1-20,30-32,38H/t30?,31-,32+,35?/m0/s1. The number of aromatic hydroxyl groups is 1. The second-order valence-corrected chi connectivity index (χ2v) is 10.8. The first kappa shape index (κ1) is 22.9. The second-order valence-electron chi connectivity index (χ2n) is 10.8. The highest BCUT2D eigenvalue weighted by Gasteiger charge is 2.68. The molecule has 1 N–H and O–H groups in total. The summed E-state index contributed by atoms with van der Waals surface area (Å²) >= 11 is 0. The molecule has 3 aliphatic carbocycles. The van der Waals surface area contributed by atoms with E-state index in [1.807, 2.05) is 72.9 Å². The van der Waals surface area contributed by atoms with Gasteiger partial charge in [-0.25, -0.2) is 4.90 Å². The zero-order valence-electron chi connectivity index (χ0n) is 21.4. The van der Waals surface area contributed by atoms with Gasteiger partial charge in [-0.1, -0.05) is 84.9 Å². The summed E-state index contributed by atoms with van der Waals surface area (Å²) in [5.74, 6) is -1.62. The summed E-state index contributed by atoms with van der Waals surface area (Å²) in [6.07, 6.45) is 1.88. The maximum absolute atomic E-state index is 14.7. The SMILES string of the molecule is O=C1[C@H]2C3c4ccccc4C(C=Nc4ccc(O)cc4)(c4ccccc43)[C@H]2C(=O)N1c1cccc2ccccc12. The third-order valence-corrected chi connectivity index (χ3v) is 8.96. The molecule has 0 radical (unpaired) electrons. The zero-order chi connectivity index (χ0) is 27.0. The lowest BCUT2D eigenvalue weighted by molar-refractivity contribution is -0.122. The maximum Gasteiger partial charge on any atom is 0.239 e. The number of aliphatic imine (C=N–C) groups is 1. The smallest absolute Gasteiger partial charge is 0.239 e. The van der Waals surface area contributed by atoms with Gasteiger partial charge in [0.05, 0.1) is 28.6 Å². The Morgan fingerprint density at radius 3 is 2.05 bits per heavy atom. The van der Waals surface area contributed by atoms with Crippen molar-refractivity contribution in [2.45, 2.75) is 11.3 Å². The summed E-state index contributed by atoms with van der Waals surface area (Å²) in [5, 5.41) is 11.7. The van der Waals surface area contributed by atoms with E-state index in [1.54, 1.807) is 24.3 Å². The molecule has 5 heteroatoms. The van der Waals surface area contributed by atoms with Gasteiger partial charge in [0.25, 0.3) is 0 Å². The monoisotopic (exact) mass is 520 g/mol. The number of hydrogen-bond donors (Lipinski definition) is 1. The summed E-state index contributed by atoms with van der Waals surface area (Å²) < 4.78 is 0. The van der Waals surface area contributed by atoms with Crippen LogP contribution in [-0.4, -0.2) is 23.1 Å². The molecule has 1 fully saturated rings. The van der Waals surface area contributed by atoms with E-state index in [4.69, 9.17) is 4.99 Å². The van der Waals surface area contributed by atoms with Gasteiger partial charge in [-0.15, -0.1) is 0 Å². The van der Waals surface area contributed by atoms with Gasteiger partial charge in [-0.05, 0) is 58.0 Å². The van der Waals surface area contributed by atoms with Crippen molar-refractivity contribution in [3.05, 3.63) is 138 Å². The second kappa shape index (κ2) is 8.23. The molecule has 1 aliphatic heterocycles. The van der Waals surface area contributed by atoms with E-state index in [-0.39, 0.29) is 23.5 Å². The fourth-order valence-corrected chi connectivity index (χ4v) is 7.41. The molecule has 9 rings (SSSR count). The Hall–Kier alpha value is -5.03. The topological polar surface area (TPSA) is 70.0 Å². The summed E-state index contributed by atoms with van der Waals surface area (Å²) in [6.45, 7) is 0. The number of amides is 2. The molecule has 0 unspecified atom stereocenters. The summed E-state index contributed by atoms with van der Waals surface area (Å²) in [7, 11) is 0. The Labute approximate surface area is 231 Å². The van der Waals surface area contributed by atoms with E-state index < -0.39 is 17.3 Å². The van der Waals surface area contributed by atoms with E-state index in [0.717, 1.165) is 33.0 Å². The van der Waals surface area contributed by atoms with E-state index in [9.17, 15) is 14.7 Å². The quantitative estimate of drug-likeness (QED) is 0.218. The van der Waals surface area contributed by atoms with Gasteiger partial charge in [0.1, 0.15) is 5.75 Å². The Morgan fingerprint density at radius 2 is 1.32 bits per heavy atom. The molecule has 4 aliphatic rings. The Bertz CT molecular complexity index is 1840. The molecule has 2 atom stereocenters. The van der Waals surface area contributed by atoms with Crippen molar-refractivity contribution in [2.24, 2.45) is 16.8 Å². The van der Waals surface area contributed by atoms with Gasteiger partial charge in [0.2, 0.25) is 11.8 Å². The van der Waals surface area contributed by atoms with E-state index in [2.05, 4.69) is 24.3 Å². The molecule has 2 bridgehead atoms. The van der Waals surface area contributed by atoms with Gasteiger partial charge in [0.15, 0.2) is 0 Å². The average molecular weight is 521 g/mol. The van der Waals surface area contributed by atoms with Crippen LogP contribution >= 0.6 is 0 Å². The Kier molecular flexibility index (Phi) is 4.72. The van der Waals surface area contributed by atoms with E-state index in [1.165, 1.54) is 4.90 Å². The third kappa shape index (κ3) is 2.89. The fraction of sp³-hybridized carbons (Fsp3) is 0.114. The van der Waals surface area contributed by atoms with Crippen LogP contribution in [0, 0.1) is 11.8 Å². The normalized spacial score (nSPS) is 24.4. The lowest BCUT2D eigenvalue weighted by atomic mass is 9.47. The molecule has 1 saturated heterocycles. The molecule has 5 nitrogen and oxygen atoms in total. The van der Waals surface area contributed by atoms with Crippen molar-refractivity contribution >= 4 is 40.2 Å². The van der Waals surface area contributed by atoms with Crippen LogP contribution in [0.25, 0.3) is 10.8 Å². The highest BCUT2D eigenvalue weighted by molar-refractivity contribution is 6.27. The average Bonchev–Trinajstić information content (AvgIpc) is 3.27. The van der Waals surface area contributed by atoms with Crippen LogP contribution in [0.4, 0.5) is 11.4 Å². The van der Waals surface area contributed by atoms with Crippen molar-refractivity contribution < 1.29 is 14.7 Å². The van der Waals surface area contributed by atoms with Crippen LogP contribution < -0.4 is 4.90 Å². The number of rotatable bonds is 3. The number of hydrogen-bond acceptors (Lipinski definition) is 4. The van der Waals surface area contributed by atoms with Gasteiger partial charge in [-0.3, -0.25) is 14.6 Å². The van der Waals surface area contributed by atoms with E-state index >= 15 is 0 Å². The molecular formula is C35H24N2O3. The lowest BCUT2D eigenvalue weighted by Gasteiger charge is -2.52. The van der Waals surface area contributed by atoms with Crippen molar-refractivity contribution in [1.29, 1.82) is 0 Å². The van der Waals surface area contributed by atoms with Crippen LogP contribution in [-0.2, 0) is 15.0 Å².